The molecule has 2 atom stereocenters. The van der Waals surface area contributed by atoms with E-state index in [0.717, 1.165) is 19.3 Å². The Bertz CT molecular complexity index is 649. The number of rotatable bonds is 4. The molecule has 0 aliphatic carbocycles. The Morgan fingerprint density at radius 1 is 1.26 bits per heavy atom. The van der Waals surface area contributed by atoms with Crippen molar-refractivity contribution in [2.24, 2.45) is 0 Å². The molecular formula is C16H24N2O4S. The molecule has 3 rings (SSSR count). The molecule has 1 saturated heterocycles. The summed E-state index contributed by atoms with van der Waals surface area (Å²) in [6.45, 7) is 3.20. The molecule has 0 radical (unpaired) electrons. The van der Waals surface area contributed by atoms with E-state index in [1.165, 1.54) is 4.31 Å². The van der Waals surface area contributed by atoms with Gasteiger partial charge in [-0.3, -0.25) is 0 Å². The van der Waals surface area contributed by atoms with Crippen LogP contribution >= 0.6 is 0 Å². The van der Waals surface area contributed by atoms with Crippen LogP contribution < -0.4 is 9.47 Å². The molecular weight excluding hydrogens is 316 g/mol. The summed E-state index contributed by atoms with van der Waals surface area (Å²) in [5.41, 5.74) is 0. The first-order chi connectivity index (χ1) is 11.0. The monoisotopic (exact) mass is 340 g/mol. The molecule has 1 aromatic carbocycles. The van der Waals surface area contributed by atoms with E-state index in [-0.39, 0.29) is 18.7 Å². The number of hydrogen-bond acceptors (Lipinski definition) is 4. The number of para-hydroxylation sites is 2. The van der Waals surface area contributed by atoms with Gasteiger partial charge in [0.2, 0.25) is 0 Å². The Labute approximate surface area is 138 Å². The van der Waals surface area contributed by atoms with Gasteiger partial charge in [-0.2, -0.15) is 17.0 Å². The lowest BCUT2D eigenvalue weighted by Gasteiger charge is -2.36. The maximum absolute atomic E-state index is 12.8. The zero-order valence-electron chi connectivity index (χ0n) is 13.6. The van der Waals surface area contributed by atoms with E-state index in [9.17, 15) is 8.42 Å². The van der Waals surface area contributed by atoms with Gasteiger partial charge in [0.25, 0.3) is 10.2 Å². The predicted octanol–water partition coefficient (Wildman–Crippen LogP) is 1.88. The van der Waals surface area contributed by atoms with Crippen LogP contribution in [0.5, 0.6) is 11.5 Å². The number of likely N-dealkylation sites (N-methyl/N-ethyl adjacent to an activating group) is 1. The fourth-order valence-electron chi connectivity index (χ4n) is 3.13. The van der Waals surface area contributed by atoms with Crippen LogP contribution in [-0.2, 0) is 10.2 Å². The highest BCUT2D eigenvalue weighted by molar-refractivity contribution is 7.86. The van der Waals surface area contributed by atoms with E-state index in [4.69, 9.17) is 9.47 Å². The summed E-state index contributed by atoms with van der Waals surface area (Å²) in [6.07, 6.45) is 2.63. The molecule has 0 N–H and O–H groups in total. The van der Waals surface area contributed by atoms with Crippen LogP contribution in [0.25, 0.3) is 0 Å². The van der Waals surface area contributed by atoms with Gasteiger partial charge in [0, 0.05) is 19.6 Å². The lowest BCUT2D eigenvalue weighted by molar-refractivity contribution is 0.0781. The number of piperidine rings is 1. The van der Waals surface area contributed by atoms with Crippen molar-refractivity contribution >= 4 is 10.2 Å². The minimum absolute atomic E-state index is 0.0560. The lowest BCUT2D eigenvalue weighted by atomic mass is 10.1. The van der Waals surface area contributed by atoms with Crippen molar-refractivity contribution in [2.45, 2.75) is 38.3 Å². The molecule has 23 heavy (non-hydrogen) atoms. The molecule has 2 aliphatic heterocycles. The second-order valence-corrected chi connectivity index (χ2v) is 8.23. The quantitative estimate of drug-likeness (QED) is 0.840. The number of hydrogen-bond donors (Lipinski definition) is 0. The van der Waals surface area contributed by atoms with E-state index in [1.54, 1.807) is 11.4 Å². The number of ether oxygens (including phenoxy) is 2. The van der Waals surface area contributed by atoms with Crippen LogP contribution in [0, 0.1) is 0 Å². The van der Waals surface area contributed by atoms with Crippen molar-refractivity contribution < 1.29 is 17.9 Å². The molecule has 0 aromatic heterocycles. The Morgan fingerprint density at radius 2 is 2.00 bits per heavy atom. The van der Waals surface area contributed by atoms with Gasteiger partial charge in [-0.1, -0.05) is 18.6 Å². The van der Waals surface area contributed by atoms with Gasteiger partial charge in [-0.05, 0) is 31.9 Å². The summed E-state index contributed by atoms with van der Waals surface area (Å²) in [5, 5.41) is 0. The minimum atomic E-state index is -3.46. The van der Waals surface area contributed by atoms with Crippen LogP contribution in [0.4, 0.5) is 0 Å². The van der Waals surface area contributed by atoms with Gasteiger partial charge in [-0.25, -0.2) is 0 Å². The molecule has 0 saturated carbocycles. The van der Waals surface area contributed by atoms with Crippen LogP contribution in [0.2, 0.25) is 0 Å². The van der Waals surface area contributed by atoms with Crippen LogP contribution in [-0.4, -0.2) is 55.9 Å². The summed E-state index contributed by atoms with van der Waals surface area (Å²) >= 11 is 0. The summed E-state index contributed by atoms with van der Waals surface area (Å²) in [7, 11) is -1.85. The first kappa shape index (κ1) is 16.5. The zero-order chi connectivity index (χ0) is 16.4. The molecule has 1 fully saturated rings. The normalized spacial score (nSPS) is 25.5. The first-order valence-corrected chi connectivity index (χ1v) is 9.50. The Morgan fingerprint density at radius 3 is 2.74 bits per heavy atom. The van der Waals surface area contributed by atoms with E-state index in [2.05, 4.69) is 0 Å². The minimum Gasteiger partial charge on any atom is -0.486 e. The Kier molecular flexibility index (Phi) is 4.79. The summed E-state index contributed by atoms with van der Waals surface area (Å²) < 4.78 is 40.1. The molecule has 7 heteroatoms. The van der Waals surface area contributed by atoms with E-state index in [0.29, 0.717) is 24.7 Å². The third-order valence-electron chi connectivity index (χ3n) is 4.46. The fourth-order valence-corrected chi connectivity index (χ4v) is 4.76. The molecule has 0 unspecified atom stereocenters. The van der Waals surface area contributed by atoms with Gasteiger partial charge >= 0.3 is 0 Å². The van der Waals surface area contributed by atoms with Crippen molar-refractivity contribution in [3.05, 3.63) is 24.3 Å². The smallest absolute Gasteiger partial charge is 0.282 e. The van der Waals surface area contributed by atoms with E-state index < -0.39 is 10.2 Å². The zero-order valence-corrected chi connectivity index (χ0v) is 14.5. The molecule has 1 aromatic rings. The third-order valence-corrected chi connectivity index (χ3v) is 6.53. The number of benzene rings is 1. The van der Waals surface area contributed by atoms with Gasteiger partial charge in [0.15, 0.2) is 11.5 Å². The second kappa shape index (κ2) is 6.67. The molecule has 0 spiro atoms. The predicted molar refractivity (Wildman–Crippen MR) is 87.9 cm³/mol. The largest absolute Gasteiger partial charge is 0.486 e. The standard InChI is InChI=1S/C16H24N2O4S/c1-13-7-5-6-10-18(13)23(19,20)17(2)11-14-12-21-15-8-3-4-9-16(15)22-14/h3-4,8-9,13-14H,5-7,10-12H2,1-2H3/t13-,14+/m1/s1. The molecule has 128 valence electrons. The molecule has 2 heterocycles. The van der Waals surface area contributed by atoms with Gasteiger partial charge < -0.3 is 9.47 Å². The highest BCUT2D eigenvalue weighted by Gasteiger charge is 2.34. The molecule has 6 nitrogen and oxygen atoms in total. The average Bonchev–Trinajstić information content (AvgIpc) is 2.55. The van der Waals surface area contributed by atoms with Gasteiger partial charge in [0.1, 0.15) is 12.7 Å². The van der Waals surface area contributed by atoms with Crippen LogP contribution in [0.15, 0.2) is 24.3 Å². The SMILES string of the molecule is C[C@@H]1CCCCN1S(=O)(=O)N(C)C[C@H]1COc2ccccc2O1. The third kappa shape index (κ3) is 3.46. The van der Waals surface area contributed by atoms with E-state index in [1.807, 2.05) is 31.2 Å². The van der Waals surface area contributed by atoms with Gasteiger partial charge in [0.05, 0.1) is 6.54 Å². The summed E-state index contributed by atoms with van der Waals surface area (Å²) in [6, 6.07) is 7.50. The molecule has 0 bridgehead atoms. The lowest BCUT2D eigenvalue weighted by Crippen LogP contribution is -2.51. The Balaban J connectivity index is 1.66. The molecule has 2 aliphatic rings. The second-order valence-electron chi connectivity index (χ2n) is 6.24. The van der Waals surface area contributed by atoms with Crippen molar-refractivity contribution in [2.75, 3.05) is 26.7 Å². The summed E-state index contributed by atoms with van der Waals surface area (Å²) in [4.78, 5) is 0. The van der Waals surface area contributed by atoms with Crippen molar-refractivity contribution in [3.63, 3.8) is 0 Å². The topological polar surface area (TPSA) is 59.1 Å². The maximum atomic E-state index is 12.8. The van der Waals surface area contributed by atoms with Crippen LogP contribution in [0.1, 0.15) is 26.2 Å². The maximum Gasteiger partial charge on any atom is 0.282 e. The first-order valence-electron chi connectivity index (χ1n) is 8.10. The fraction of sp³-hybridized carbons (Fsp3) is 0.625. The summed E-state index contributed by atoms with van der Waals surface area (Å²) in [5.74, 6) is 1.37. The highest BCUT2D eigenvalue weighted by Crippen LogP contribution is 2.31. The molecule has 0 amide bonds. The van der Waals surface area contributed by atoms with Crippen LogP contribution in [0.3, 0.4) is 0 Å². The highest BCUT2D eigenvalue weighted by atomic mass is 32.2. The van der Waals surface area contributed by atoms with E-state index >= 15 is 0 Å². The van der Waals surface area contributed by atoms with Crippen molar-refractivity contribution in [3.8, 4) is 11.5 Å². The van der Waals surface area contributed by atoms with Gasteiger partial charge in [-0.15, -0.1) is 0 Å². The number of fused-ring (bicyclic) bond motifs is 1. The van der Waals surface area contributed by atoms with Crippen molar-refractivity contribution in [1.82, 2.24) is 8.61 Å². The average molecular weight is 340 g/mol. The van der Waals surface area contributed by atoms with Crippen molar-refractivity contribution in [1.29, 1.82) is 0 Å². The Hall–Kier alpha value is -1.31. The number of nitrogens with zero attached hydrogens (tertiary/aromatic N) is 2.